The third-order valence-corrected chi connectivity index (χ3v) is 79.8. The lowest BCUT2D eigenvalue weighted by Crippen LogP contribution is -2.62. The van der Waals surface area contributed by atoms with Crippen molar-refractivity contribution in [3.05, 3.63) is 0 Å². The van der Waals surface area contributed by atoms with E-state index in [0.29, 0.717) is 0 Å². The number of hydrogen-bond donors (Lipinski definition) is 0. The van der Waals surface area contributed by atoms with Gasteiger partial charge in [0, 0.05) is 0 Å². The first-order chi connectivity index (χ1) is 12.2. The summed E-state index contributed by atoms with van der Waals surface area (Å²) in [4.78, 5) is 0. The molecule has 9 nitrogen and oxygen atoms in total. The predicted octanol–water partition coefficient (Wildman–Crippen LogP) is -0.810. The lowest BCUT2D eigenvalue weighted by Gasteiger charge is -2.13. The van der Waals surface area contributed by atoms with Gasteiger partial charge in [0.1, 0.15) is 0 Å². The van der Waals surface area contributed by atoms with Crippen molar-refractivity contribution in [3.63, 3.8) is 0 Å². The predicted molar refractivity (Wildman–Crippen MR) is 110 cm³/mol. The molecule has 0 atom stereocenters. The van der Waals surface area contributed by atoms with E-state index >= 15 is 0 Å². The fraction of sp³-hybridized carbons (Fsp3) is 1.00. The monoisotopic (exact) mass is 544 g/mol. The van der Waals surface area contributed by atoms with Gasteiger partial charge in [-0.25, -0.2) is 0 Å². The first-order valence-corrected chi connectivity index (χ1v) is 33.2. The molecule has 0 amide bonds. The van der Waals surface area contributed by atoms with Crippen LogP contribution in [-0.4, -0.2) is 79.2 Å². The Morgan fingerprint density at radius 3 is 1.33 bits per heavy atom. The molecule has 0 N–H and O–H groups in total. The van der Waals surface area contributed by atoms with Crippen molar-refractivity contribution in [2.75, 3.05) is 0 Å². The Bertz CT molecular complexity index is 678. The highest BCUT2D eigenvalue weighted by Gasteiger charge is 2.54. The zero-order valence-corrected chi connectivity index (χ0v) is 26.6. The van der Waals surface area contributed by atoms with Gasteiger partial charge in [-0.3, -0.25) is 8.92 Å². The smallest absolute Gasteiger partial charge is 0.389 e. The second-order valence-corrected chi connectivity index (χ2v) is 57.5. The molecule has 0 aromatic heterocycles. The summed E-state index contributed by atoms with van der Waals surface area (Å²) < 4.78 is 100. The second kappa shape index (κ2) is 16.2. The van der Waals surface area contributed by atoms with Gasteiger partial charge >= 0.3 is 63.8 Å². The highest BCUT2D eigenvalue weighted by Crippen LogP contribution is 2.04. The van der Waals surface area contributed by atoms with Crippen LogP contribution in [-0.2, 0) is 40.2 Å². The minimum atomic E-state index is -3.14. The van der Waals surface area contributed by atoms with Gasteiger partial charge in [0.05, 0.1) is 8.31 Å². The Balaban J connectivity index is -0.000000840. The Labute approximate surface area is 171 Å². The van der Waals surface area contributed by atoms with E-state index in [1.54, 1.807) is 13.1 Å². The average molecular weight is 545 g/mol. The zero-order valence-electron chi connectivity index (χ0n) is 16.5. The van der Waals surface area contributed by atoms with Crippen LogP contribution in [0.4, 0.5) is 0 Å². The fourth-order valence-electron chi connectivity index (χ4n) is 1.31. The Kier molecular flexibility index (Phi) is 19.2. The molecule has 0 unspecified atom stereocenters. The highest BCUT2D eigenvalue weighted by atomic mass is 30.0. The third-order valence-electron chi connectivity index (χ3n) is 2.82. The van der Waals surface area contributed by atoms with Crippen LogP contribution in [0.2, 0.25) is 32.7 Å². The van der Waals surface area contributed by atoms with Crippen molar-refractivity contribution in [1.82, 2.24) is 0 Å². The van der Waals surface area contributed by atoms with E-state index < -0.39 is 79.2 Å². The van der Waals surface area contributed by atoms with Gasteiger partial charge in [-0.2, -0.15) is 0 Å². The normalized spacial score (nSPS) is 9.48. The lowest BCUT2D eigenvalue weighted by molar-refractivity contribution is 0.497. The summed E-state index contributed by atoms with van der Waals surface area (Å²) in [7, 11) is -25.7. The molecule has 0 radical (unpaired) electrons. The minimum absolute atomic E-state index is 1.20. The van der Waals surface area contributed by atoms with Gasteiger partial charge in [0.2, 0.25) is 0 Å². The molecule has 0 aliphatic carbocycles. The van der Waals surface area contributed by atoms with Crippen LogP contribution < -0.4 is 0 Å². The van der Waals surface area contributed by atoms with Crippen molar-refractivity contribution >= 4 is 79.2 Å². The van der Waals surface area contributed by atoms with Gasteiger partial charge in [0.15, 0.2) is 7.11 Å². The van der Waals surface area contributed by atoms with E-state index in [9.17, 15) is 31.2 Å². The third kappa shape index (κ3) is 11.8. The van der Waals surface area contributed by atoms with Crippen molar-refractivity contribution in [2.24, 2.45) is 0 Å². The lowest BCUT2D eigenvalue weighted by atomic mass is 10.6. The van der Waals surface area contributed by atoms with E-state index in [0.717, 1.165) is 0 Å². The molecule has 0 saturated heterocycles. The van der Waals surface area contributed by atoms with Gasteiger partial charge in [-0.1, -0.05) is 46.5 Å². The summed E-state index contributed by atoms with van der Waals surface area (Å²) in [6, 6.07) is 0. The molecule has 0 aliphatic heterocycles. The molecular weight excluding hydrogens is 521 g/mol. The van der Waals surface area contributed by atoms with Crippen LogP contribution in [0.3, 0.4) is 0 Å². The highest BCUT2D eigenvalue weighted by molar-refractivity contribution is 7.82. The Morgan fingerprint density at radius 1 is 0.778 bits per heavy atom. The van der Waals surface area contributed by atoms with E-state index in [1.807, 2.05) is 0 Å². The van der Waals surface area contributed by atoms with Crippen molar-refractivity contribution < 1.29 is 40.2 Å². The molecule has 19 heteroatoms. The van der Waals surface area contributed by atoms with Gasteiger partial charge in [-0.15, -0.1) is 0 Å². The molecule has 0 aromatic rings. The first kappa shape index (κ1) is 32.0. The van der Waals surface area contributed by atoms with Crippen molar-refractivity contribution in [1.29, 1.82) is 0 Å². The van der Waals surface area contributed by atoms with Gasteiger partial charge in [-0.05, 0) is 6.55 Å². The van der Waals surface area contributed by atoms with Crippen LogP contribution in [0.1, 0.15) is 20.3 Å². The zero-order chi connectivity index (χ0) is 22.5. The summed E-state index contributed by atoms with van der Waals surface area (Å²) in [5, 5.41) is 0. The molecule has 0 heterocycles. The molecule has 0 saturated carbocycles. The molecular formula is C8H24O9Si10. The number of rotatable bonds is 8. The molecule has 150 valence electrons. The van der Waals surface area contributed by atoms with Crippen LogP contribution in [0.5, 0.6) is 0 Å². The summed E-state index contributed by atoms with van der Waals surface area (Å²) in [6.07, 6.45) is 1.25. The summed E-state index contributed by atoms with van der Waals surface area (Å²) in [6.45, 7) is 11.8. The molecule has 0 bridgehead atoms. The summed E-state index contributed by atoms with van der Waals surface area (Å²) in [5.74, 6) is 0. The maximum Gasteiger partial charge on any atom is 0.549 e. The van der Waals surface area contributed by atoms with Crippen LogP contribution in [0.15, 0.2) is 0 Å². The van der Waals surface area contributed by atoms with E-state index in [1.165, 1.54) is 26.1 Å². The average Bonchev–Trinajstić information content (AvgIpc) is 2.58. The topological polar surface area (TPSA) is 154 Å². The van der Waals surface area contributed by atoms with Gasteiger partial charge in [0.25, 0.3) is 0 Å². The Morgan fingerprint density at radius 2 is 1.07 bits per heavy atom. The standard InChI is InChI=1S/C5H16O7Si9.C3H8.O2Si/c1-13(2)15(7)17(9)19(11)21(4,5)20(12)18(10)16(8)14(3)6;2*1-3-2/h13H,1-5H3;3H2,1-2H3;. The van der Waals surface area contributed by atoms with E-state index in [4.69, 9.17) is 8.92 Å². The first-order valence-electron chi connectivity index (χ1n) is 7.94. The molecule has 27 heavy (non-hydrogen) atoms. The van der Waals surface area contributed by atoms with Crippen LogP contribution in [0, 0.1) is 0 Å². The SMILES string of the molecule is CCC.C[Si](=O)[Si](=O)[Si](=O)[Si](=O)[Si](C)(C)[Si](=O)[Si](=O)[Si](=O)[SiH](C)C.O=[Si]=O. The summed E-state index contributed by atoms with van der Waals surface area (Å²) >= 11 is 0. The quantitative estimate of drug-likeness (QED) is 0.357. The van der Waals surface area contributed by atoms with Crippen LogP contribution in [0.25, 0.3) is 0 Å². The maximum atomic E-state index is 12.4. The molecule has 0 aliphatic rings. The number of hydrogen-bond acceptors (Lipinski definition) is 9. The fourth-order valence-corrected chi connectivity index (χ4v) is 107. The van der Waals surface area contributed by atoms with E-state index in [2.05, 4.69) is 13.8 Å². The van der Waals surface area contributed by atoms with Crippen molar-refractivity contribution in [3.8, 4) is 0 Å². The maximum absolute atomic E-state index is 12.4. The summed E-state index contributed by atoms with van der Waals surface area (Å²) in [5.41, 5.74) is 0. The molecule has 0 fully saturated rings. The minimum Gasteiger partial charge on any atom is -0.389 e. The van der Waals surface area contributed by atoms with Crippen LogP contribution >= 0.6 is 0 Å². The Hall–Kier alpha value is 0.369. The molecule has 0 aromatic carbocycles. The largest absolute Gasteiger partial charge is 0.549 e. The second-order valence-electron chi connectivity index (χ2n) is 6.14. The molecule has 0 rings (SSSR count). The molecule has 0 spiro atoms. The van der Waals surface area contributed by atoms with E-state index in [-0.39, 0.29) is 0 Å². The van der Waals surface area contributed by atoms with Gasteiger partial charge < -0.3 is 31.2 Å². The van der Waals surface area contributed by atoms with Crippen molar-refractivity contribution in [2.45, 2.75) is 53.0 Å².